The van der Waals surface area contributed by atoms with Gasteiger partial charge in [-0.2, -0.15) is 0 Å². The average Bonchev–Trinajstić information content (AvgIpc) is 2.23. The van der Waals surface area contributed by atoms with E-state index in [4.69, 9.17) is 11.6 Å². The van der Waals surface area contributed by atoms with Crippen molar-refractivity contribution in [3.8, 4) is 0 Å². The summed E-state index contributed by atoms with van der Waals surface area (Å²) in [5, 5.41) is 4.36. The van der Waals surface area contributed by atoms with Gasteiger partial charge in [-0.05, 0) is 49.4 Å². The molecule has 0 radical (unpaired) electrons. The van der Waals surface area contributed by atoms with E-state index in [1.54, 1.807) is 0 Å². The number of halogens is 1. The predicted octanol–water partition coefficient (Wildman–Crippen LogP) is 3.75. The van der Waals surface area contributed by atoms with Gasteiger partial charge in [0, 0.05) is 11.1 Å². The Morgan fingerprint density at radius 3 is 2.62 bits per heavy atom. The van der Waals surface area contributed by atoms with Crippen LogP contribution < -0.4 is 5.32 Å². The molecule has 0 heterocycles. The zero-order chi connectivity index (χ0) is 11.4. The molecule has 0 aromatic heterocycles. The van der Waals surface area contributed by atoms with E-state index in [-0.39, 0.29) is 0 Å². The SMILES string of the molecule is C=CCCNC1CC(c2ccc(Cl)cc2)C1. The highest BCUT2D eigenvalue weighted by molar-refractivity contribution is 6.30. The third-order valence-corrected chi connectivity index (χ3v) is 3.51. The normalized spacial score (nSPS) is 23.8. The molecule has 0 aliphatic heterocycles. The summed E-state index contributed by atoms with van der Waals surface area (Å²) in [7, 11) is 0. The molecule has 1 fully saturated rings. The molecule has 0 saturated heterocycles. The maximum atomic E-state index is 5.87. The quantitative estimate of drug-likeness (QED) is 0.606. The monoisotopic (exact) mass is 235 g/mol. The molecule has 1 saturated carbocycles. The molecule has 1 aliphatic carbocycles. The standard InChI is InChI=1S/C14H18ClN/c1-2-3-8-16-14-9-12(10-14)11-4-6-13(15)7-5-11/h2,4-7,12,14,16H,1,3,8-10H2. The Morgan fingerprint density at radius 1 is 1.31 bits per heavy atom. The number of rotatable bonds is 5. The van der Waals surface area contributed by atoms with E-state index >= 15 is 0 Å². The second-order valence-corrected chi connectivity index (χ2v) is 4.88. The summed E-state index contributed by atoms with van der Waals surface area (Å²) in [6.45, 7) is 4.78. The van der Waals surface area contributed by atoms with E-state index in [0.717, 1.165) is 23.9 Å². The molecule has 0 spiro atoms. The second-order valence-electron chi connectivity index (χ2n) is 4.45. The largest absolute Gasteiger partial charge is 0.314 e. The Bertz CT molecular complexity index is 338. The first kappa shape index (κ1) is 11.7. The molecule has 2 heteroatoms. The van der Waals surface area contributed by atoms with Crippen molar-refractivity contribution in [2.75, 3.05) is 6.54 Å². The van der Waals surface area contributed by atoms with Crippen LogP contribution in [0, 0.1) is 0 Å². The topological polar surface area (TPSA) is 12.0 Å². The molecule has 0 bridgehead atoms. The first-order valence-corrected chi connectivity index (χ1v) is 6.27. The highest BCUT2D eigenvalue weighted by Crippen LogP contribution is 2.37. The van der Waals surface area contributed by atoms with Crippen LogP contribution in [0.4, 0.5) is 0 Å². The molecule has 0 atom stereocenters. The van der Waals surface area contributed by atoms with Gasteiger partial charge in [-0.25, -0.2) is 0 Å². The fraction of sp³-hybridized carbons (Fsp3) is 0.429. The fourth-order valence-corrected chi connectivity index (χ4v) is 2.31. The zero-order valence-electron chi connectivity index (χ0n) is 9.45. The van der Waals surface area contributed by atoms with Gasteiger partial charge >= 0.3 is 0 Å². The zero-order valence-corrected chi connectivity index (χ0v) is 10.2. The maximum absolute atomic E-state index is 5.87. The summed E-state index contributed by atoms with van der Waals surface area (Å²) >= 11 is 5.87. The summed E-state index contributed by atoms with van der Waals surface area (Å²) in [5.74, 6) is 0.721. The molecule has 1 N–H and O–H groups in total. The minimum absolute atomic E-state index is 0.695. The average molecular weight is 236 g/mol. The van der Waals surface area contributed by atoms with Crippen LogP contribution in [0.1, 0.15) is 30.7 Å². The summed E-state index contributed by atoms with van der Waals surface area (Å²) in [6, 6.07) is 8.95. The van der Waals surface area contributed by atoms with E-state index < -0.39 is 0 Å². The van der Waals surface area contributed by atoms with Gasteiger partial charge in [-0.15, -0.1) is 6.58 Å². The molecule has 2 rings (SSSR count). The number of nitrogens with one attached hydrogen (secondary N) is 1. The Kier molecular flexibility index (Phi) is 4.03. The van der Waals surface area contributed by atoms with Crippen LogP contribution in [-0.4, -0.2) is 12.6 Å². The van der Waals surface area contributed by atoms with Crippen molar-refractivity contribution in [1.82, 2.24) is 5.32 Å². The fourth-order valence-electron chi connectivity index (χ4n) is 2.18. The van der Waals surface area contributed by atoms with Gasteiger partial charge in [-0.3, -0.25) is 0 Å². The Labute approximate surface area is 103 Å². The van der Waals surface area contributed by atoms with E-state index in [1.165, 1.54) is 18.4 Å². The lowest BCUT2D eigenvalue weighted by molar-refractivity contribution is 0.293. The number of hydrogen-bond acceptors (Lipinski definition) is 1. The van der Waals surface area contributed by atoms with Crippen molar-refractivity contribution >= 4 is 11.6 Å². The summed E-state index contributed by atoms with van der Waals surface area (Å²) in [6.07, 6.45) is 5.52. The van der Waals surface area contributed by atoms with Gasteiger partial charge in [0.15, 0.2) is 0 Å². The number of hydrogen-bond donors (Lipinski definition) is 1. The molecule has 0 amide bonds. The first-order valence-electron chi connectivity index (χ1n) is 5.89. The van der Waals surface area contributed by atoms with E-state index in [9.17, 15) is 0 Å². The molecule has 1 nitrogen and oxygen atoms in total. The minimum atomic E-state index is 0.695. The third-order valence-electron chi connectivity index (χ3n) is 3.26. The van der Waals surface area contributed by atoms with Crippen LogP contribution in [0.25, 0.3) is 0 Å². The van der Waals surface area contributed by atoms with Crippen LogP contribution >= 0.6 is 11.6 Å². The van der Waals surface area contributed by atoms with Crippen molar-refractivity contribution in [1.29, 1.82) is 0 Å². The lowest BCUT2D eigenvalue weighted by Gasteiger charge is -2.36. The first-order chi connectivity index (χ1) is 7.79. The Balaban J connectivity index is 1.75. The van der Waals surface area contributed by atoms with E-state index in [0.29, 0.717) is 6.04 Å². The molecule has 1 aliphatic rings. The molecular formula is C14H18ClN. The van der Waals surface area contributed by atoms with Crippen LogP contribution in [0.2, 0.25) is 5.02 Å². The van der Waals surface area contributed by atoms with Gasteiger partial charge in [0.25, 0.3) is 0 Å². The summed E-state index contributed by atoms with van der Waals surface area (Å²) in [5.41, 5.74) is 1.42. The highest BCUT2D eigenvalue weighted by atomic mass is 35.5. The van der Waals surface area contributed by atoms with Gasteiger partial charge in [0.2, 0.25) is 0 Å². The van der Waals surface area contributed by atoms with Crippen LogP contribution in [0.5, 0.6) is 0 Å². The van der Waals surface area contributed by atoms with Crippen molar-refractivity contribution in [3.05, 3.63) is 47.5 Å². The molecule has 1 aromatic rings. The van der Waals surface area contributed by atoms with Crippen molar-refractivity contribution in [3.63, 3.8) is 0 Å². The number of benzene rings is 1. The van der Waals surface area contributed by atoms with Gasteiger partial charge in [0.1, 0.15) is 0 Å². The second kappa shape index (κ2) is 5.51. The van der Waals surface area contributed by atoms with Crippen molar-refractivity contribution in [2.24, 2.45) is 0 Å². The Morgan fingerprint density at radius 2 is 2.00 bits per heavy atom. The molecular weight excluding hydrogens is 218 g/mol. The van der Waals surface area contributed by atoms with Crippen LogP contribution in [-0.2, 0) is 0 Å². The third kappa shape index (κ3) is 2.87. The molecule has 0 unspecified atom stereocenters. The molecule has 1 aromatic carbocycles. The molecule has 16 heavy (non-hydrogen) atoms. The van der Waals surface area contributed by atoms with E-state index in [1.807, 2.05) is 18.2 Å². The lowest BCUT2D eigenvalue weighted by Crippen LogP contribution is -2.40. The van der Waals surface area contributed by atoms with Crippen LogP contribution in [0.3, 0.4) is 0 Å². The van der Waals surface area contributed by atoms with E-state index in [2.05, 4.69) is 24.0 Å². The lowest BCUT2D eigenvalue weighted by atomic mass is 9.76. The Hall–Kier alpha value is -0.790. The summed E-state index contributed by atoms with van der Waals surface area (Å²) in [4.78, 5) is 0. The van der Waals surface area contributed by atoms with Gasteiger partial charge < -0.3 is 5.32 Å². The van der Waals surface area contributed by atoms with Gasteiger partial charge in [0.05, 0.1) is 0 Å². The van der Waals surface area contributed by atoms with Crippen molar-refractivity contribution in [2.45, 2.75) is 31.2 Å². The summed E-state index contributed by atoms with van der Waals surface area (Å²) < 4.78 is 0. The molecule has 86 valence electrons. The van der Waals surface area contributed by atoms with Crippen LogP contribution in [0.15, 0.2) is 36.9 Å². The van der Waals surface area contributed by atoms with Crippen molar-refractivity contribution < 1.29 is 0 Å². The minimum Gasteiger partial charge on any atom is -0.314 e. The predicted molar refractivity (Wildman–Crippen MR) is 70.0 cm³/mol. The van der Waals surface area contributed by atoms with Gasteiger partial charge in [-0.1, -0.05) is 29.8 Å². The highest BCUT2D eigenvalue weighted by Gasteiger charge is 2.29. The smallest absolute Gasteiger partial charge is 0.0406 e. The maximum Gasteiger partial charge on any atom is 0.0406 e.